The summed E-state index contributed by atoms with van der Waals surface area (Å²) in [5, 5.41) is 5.68. The van der Waals surface area contributed by atoms with Gasteiger partial charge in [0.2, 0.25) is 0 Å². The van der Waals surface area contributed by atoms with Crippen molar-refractivity contribution in [2.75, 3.05) is 5.75 Å². The van der Waals surface area contributed by atoms with Crippen LogP contribution in [-0.2, 0) is 13.1 Å². The molecule has 1 aromatic carbocycles. The van der Waals surface area contributed by atoms with Gasteiger partial charge in [0.15, 0.2) is 10.8 Å². The number of para-hydroxylation sites is 1. The smallest absolute Gasteiger partial charge is 0.287 e. The van der Waals surface area contributed by atoms with E-state index < -0.39 is 0 Å². The van der Waals surface area contributed by atoms with Crippen LogP contribution < -0.4 is 11.2 Å². The number of thioether (sulfide) groups is 1. The Balaban J connectivity index is 1.60. The Morgan fingerprint density at radius 2 is 1.86 bits per heavy atom. The Morgan fingerprint density at radius 3 is 2.68 bits per heavy atom. The number of nitrogens with zero attached hydrogens (tertiary/aromatic N) is 5. The molecule has 0 spiro atoms. The summed E-state index contributed by atoms with van der Waals surface area (Å²) < 4.78 is 4.73. The molecule has 4 rings (SSSR count). The lowest BCUT2D eigenvalue weighted by atomic mass is 10.2. The van der Waals surface area contributed by atoms with Crippen molar-refractivity contribution in [3.8, 4) is 0 Å². The van der Waals surface area contributed by atoms with E-state index in [9.17, 15) is 9.59 Å². The van der Waals surface area contributed by atoms with Gasteiger partial charge in [0, 0.05) is 18.5 Å². The fraction of sp³-hybridized carbons (Fsp3) is 0.300. The average molecular weight is 395 g/mol. The normalized spacial score (nSPS) is 11.5. The number of unbranched alkanes of at least 4 members (excludes halogenated alkanes) is 1. The maximum absolute atomic E-state index is 12.9. The van der Waals surface area contributed by atoms with Crippen LogP contribution in [0.4, 0.5) is 0 Å². The van der Waals surface area contributed by atoms with Crippen molar-refractivity contribution in [2.24, 2.45) is 0 Å². The maximum atomic E-state index is 12.9. The highest BCUT2D eigenvalue weighted by atomic mass is 32.2. The van der Waals surface area contributed by atoms with E-state index in [1.54, 1.807) is 22.9 Å². The van der Waals surface area contributed by atoms with Gasteiger partial charge in [-0.1, -0.05) is 43.3 Å². The number of benzene rings is 1. The van der Waals surface area contributed by atoms with Crippen molar-refractivity contribution in [3.63, 3.8) is 0 Å². The number of fused-ring (bicyclic) bond motifs is 2. The minimum atomic E-state index is -0.161. The molecule has 0 aliphatic carbocycles. The van der Waals surface area contributed by atoms with Crippen molar-refractivity contribution in [1.82, 2.24) is 23.7 Å². The molecule has 0 fully saturated rings. The minimum Gasteiger partial charge on any atom is -0.287 e. The highest BCUT2D eigenvalue weighted by Gasteiger charge is 2.12. The zero-order valence-electron chi connectivity index (χ0n) is 15.6. The van der Waals surface area contributed by atoms with E-state index in [0.29, 0.717) is 40.5 Å². The Labute approximate surface area is 165 Å². The molecule has 0 bridgehead atoms. The first-order valence-corrected chi connectivity index (χ1v) is 10.3. The van der Waals surface area contributed by atoms with Crippen LogP contribution in [0.2, 0.25) is 0 Å². The molecule has 0 atom stereocenters. The van der Waals surface area contributed by atoms with Crippen molar-refractivity contribution in [1.29, 1.82) is 0 Å². The standard InChI is InChI=1S/C20H21N5O2S/c1-2-3-11-24-18(26)15-8-4-5-9-16(15)21-19(24)28-14-13-25-20(27)23-12-7-6-10-17(23)22-25/h4-10,12H,2-3,11,13-14H2,1H3. The van der Waals surface area contributed by atoms with E-state index >= 15 is 0 Å². The van der Waals surface area contributed by atoms with E-state index in [1.165, 1.54) is 20.8 Å². The molecule has 7 nitrogen and oxygen atoms in total. The zero-order chi connectivity index (χ0) is 19.5. The first-order valence-electron chi connectivity index (χ1n) is 9.35. The summed E-state index contributed by atoms with van der Waals surface area (Å²) in [6, 6.07) is 12.9. The summed E-state index contributed by atoms with van der Waals surface area (Å²) in [6.07, 6.45) is 3.63. The zero-order valence-corrected chi connectivity index (χ0v) is 16.4. The topological polar surface area (TPSA) is 74.2 Å². The third-order valence-electron chi connectivity index (χ3n) is 4.58. The molecule has 28 heavy (non-hydrogen) atoms. The van der Waals surface area contributed by atoms with Crippen molar-refractivity contribution >= 4 is 28.3 Å². The molecule has 0 amide bonds. The molecular formula is C20H21N5O2S. The highest BCUT2D eigenvalue weighted by Crippen LogP contribution is 2.18. The summed E-state index contributed by atoms with van der Waals surface area (Å²) >= 11 is 1.48. The van der Waals surface area contributed by atoms with Crippen LogP contribution in [0.15, 0.2) is 63.4 Å². The largest absolute Gasteiger partial charge is 0.350 e. The fourth-order valence-electron chi connectivity index (χ4n) is 3.11. The average Bonchev–Trinajstić information content (AvgIpc) is 3.04. The van der Waals surface area contributed by atoms with E-state index in [0.717, 1.165) is 12.8 Å². The van der Waals surface area contributed by atoms with Gasteiger partial charge in [0.1, 0.15) is 0 Å². The Kier molecular flexibility index (Phi) is 5.29. The van der Waals surface area contributed by atoms with Crippen LogP contribution >= 0.6 is 11.8 Å². The second-order valence-corrected chi connectivity index (χ2v) is 7.57. The first kappa shape index (κ1) is 18.5. The van der Waals surface area contributed by atoms with E-state index in [2.05, 4.69) is 12.0 Å². The minimum absolute atomic E-state index is 0.00792. The summed E-state index contributed by atoms with van der Waals surface area (Å²) in [7, 11) is 0. The lowest BCUT2D eigenvalue weighted by Crippen LogP contribution is -2.24. The third-order valence-corrected chi connectivity index (χ3v) is 5.54. The van der Waals surface area contributed by atoms with E-state index in [-0.39, 0.29) is 11.2 Å². The number of aromatic nitrogens is 5. The summed E-state index contributed by atoms with van der Waals surface area (Å²) in [6.45, 7) is 3.19. The highest BCUT2D eigenvalue weighted by molar-refractivity contribution is 7.99. The van der Waals surface area contributed by atoms with E-state index in [1.807, 2.05) is 30.3 Å². The second kappa shape index (κ2) is 8.02. The molecule has 0 radical (unpaired) electrons. The van der Waals surface area contributed by atoms with Gasteiger partial charge in [-0.25, -0.2) is 14.5 Å². The molecule has 3 heterocycles. The van der Waals surface area contributed by atoms with Crippen molar-refractivity contribution < 1.29 is 0 Å². The summed E-state index contributed by atoms with van der Waals surface area (Å²) in [5.74, 6) is 0.598. The van der Waals surface area contributed by atoms with Gasteiger partial charge in [0.25, 0.3) is 5.56 Å². The number of hydrogen-bond acceptors (Lipinski definition) is 5. The van der Waals surface area contributed by atoms with Crippen molar-refractivity contribution in [3.05, 3.63) is 69.5 Å². The quantitative estimate of drug-likeness (QED) is 0.355. The first-order chi connectivity index (χ1) is 13.7. The molecule has 0 saturated carbocycles. The van der Waals surface area contributed by atoms with Crippen LogP contribution in [0.1, 0.15) is 19.8 Å². The molecule has 0 saturated heterocycles. The number of aryl methyl sites for hydroxylation is 1. The lowest BCUT2D eigenvalue weighted by Gasteiger charge is -2.12. The molecule has 0 aliphatic rings. The van der Waals surface area contributed by atoms with Gasteiger partial charge >= 0.3 is 5.69 Å². The Morgan fingerprint density at radius 1 is 1.04 bits per heavy atom. The molecule has 8 heteroatoms. The molecule has 3 aromatic heterocycles. The molecule has 4 aromatic rings. The number of rotatable bonds is 7. The predicted octanol–water partition coefficient (Wildman–Crippen LogP) is 2.80. The molecule has 0 N–H and O–H groups in total. The Bertz CT molecular complexity index is 1240. The van der Waals surface area contributed by atoms with Gasteiger partial charge < -0.3 is 0 Å². The van der Waals surface area contributed by atoms with Crippen molar-refractivity contribution in [2.45, 2.75) is 38.0 Å². The lowest BCUT2D eigenvalue weighted by molar-refractivity contribution is 0.556. The maximum Gasteiger partial charge on any atom is 0.350 e. The Hall–Kier alpha value is -2.87. The third kappa shape index (κ3) is 3.47. The van der Waals surface area contributed by atoms with Crippen LogP contribution in [0.25, 0.3) is 16.6 Å². The van der Waals surface area contributed by atoms with Gasteiger partial charge in [-0.15, -0.1) is 5.10 Å². The molecular weight excluding hydrogens is 374 g/mol. The van der Waals surface area contributed by atoms with Crippen LogP contribution in [0, 0.1) is 0 Å². The number of hydrogen-bond donors (Lipinski definition) is 0. The summed E-state index contributed by atoms with van der Waals surface area (Å²) in [4.78, 5) is 30.0. The number of pyridine rings is 1. The molecule has 0 aliphatic heterocycles. The van der Waals surface area contributed by atoms with Crippen LogP contribution in [0.5, 0.6) is 0 Å². The molecule has 0 unspecified atom stereocenters. The molecule has 144 valence electrons. The SMILES string of the molecule is CCCCn1c(SCCn2nc3ccccn3c2=O)nc2ccccc2c1=O. The van der Waals surface area contributed by atoms with Crippen LogP contribution in [-0.4, -0.2) is 29.5 Å². The fourth-order valence-corrected chi connectivity index (χ4v) is 4.05. The monoisotopic (exact) mass is 395 g/mol. The van der Waals surface area contributed by atoms with Gasteiger partial charge in [-0.2, -0.15) is 0 Å². The predicted molar refractivity (Wildman–Crippen MR) is 111 cm³/mol. The van der Waals surface area contributed by atoms with Gasteiger partial charge in [0.05, 0.1) is 17.4 Å². The second-order valence-electron chi connectivity index (χ2n) is 6.50. The van der Waals surface area contributed by atoms with E-state index in [4.69, 9.17) is 4.98 Å². The summed E-state index contributed by atoms with van der Waals surface area (Å²) in [5.41, 5.74) is 1.16. The van der Waals surface area contributed by atoms with Crippen LogP contribution in [0.3, 0.4) is 0 Å². The van der Waals surface area contributed by atoms with Gasteiger partial charge in [-0.3, -0.25) is 13.8 Å². The van der Waals surface area contributed by atoms with Gasteiger partial charge in [-0.05, 0) is 30.7 Å².